The number of aromatic nitrogens is 2. The predicted octanol–water partition coefficient (Wildman–Crippen LogP) is 1.46. The quantitative estimate of drug-likeness (QED) is 0.652. The lowest BCUT2D eigenvalue weighted by Crippen LogP contribution is -2.37. The van der Waals surface area contributed by atoms with Crippen molar-refractivity contribution in [1.82, 2.24) is 9.55 Å². The SMILES string of the molecule is COC[C@@H]1C[C@H](OC(CCc2ccccc2)OC)[C@H](n2ccc(=O)[nH]c2=O)O1. The molecule has 4 atom stereocenters. The van der Waals surface area contributed by atoms with Gasteiger partial charge in [0.2, 0.25) is 0 Å². The van der Waals surface area contributed by atoms with Gasteiger partial charge in [0, 0.05) is 39.3 Å². The number of aryl methyl sites for hydroxylation is 1. The molecule has 1 unspecified atom stereocenters. The second-order valence-electron chi connectivity index (χ2n) is 6.72. The van der Waals surface area contributed by atoms with E-state index in [1.807, 2.05) is 18.2 Å². The van der Waals surface area contributed by atoms with E-state index in [9.17, 15) is 9.59 Å². The molecular formula is C20H26N2O6. The average molecular weight is 390 g/mol. The Kier molecular flexibility index (Phi) is 7.16. The smallest absolute Gasteiger partial charge is 0.330 e. The van der Waals surface area contributed by atoms with Crippen molar-refractivity contribution in [3.63, 3.8) is 0 Å². The summed E-state index contributed by atoms with van der Waals surface area (Å²) < 4.78 is 24.2. The van der Waals surface area contributed by atoms with Gasteiger partial charge in [0.15, 0.2) is 12.5 Å². The van der Waals surface area contributed by atoms with Crippen LogP contribution in [-0.4, -0.2) is 48.9 Å². The summed E-state index contributed by atoms with van der Waals surface area (Å²) in [5, 5.41) is 0. The van der Waals surface area contributed by atoms with E-state index in [2.05, 4.69) is 17.1 Å². The van der Waals surface area contributed by atoms with Crippen LogP contribution < -0.4 is 11.2 Å². The Morgan fingerprint density at radius 1 is 1.21 bits per heavy atom. The van der Waals surface area contributed by atoms with E-state index in [1.54, 1.807) is 14.2 Å². The minimum atomic E-state index is -0.668. The van der Waals surface area contributed by atoms with E-state index in [4.69, 9.17) is 18.9 Å². The van der Waals surface area contributed by atoms with Crippen molar-refractivity contribution in [1.29, 1.82) is 0 Å². The van der Waals surface area contributed by atoms with E-state index < -0.39 is 29.9 Å². The van der Waals surface area contributed by atoms with Gasteiger partial charge in [-0.2, -0.15) is 0 Å². The largest absolute Gasteiger partial charge is 0.382 e. The summed E-state index contributed by atoms with van der Waals surface area (Å²) in [6.07, 6.45) is 1.69. The number of hydrogen-bond donors (Lipinski definition) is 1. The Hall–Kier alpha value is -2.26. The summed E-state index contributed by atoms with van der Waals surface area (Å²) >= 11 is 0. The first-order valence-electron chi connectivity index (χ1n) is 9.28. The fraction of sp³-hybridized carbons (Fsp3) is 0.500. The maximum atomic E-state index is 12.2. The van der Waals surface area contributed by atoms with Crippen LogP contribution in [0.1, 0.15) is 24.6 Å². The third kappa shape index (κ3) is 5.17. The number of ether oxygens (including phenoxy) is 4. The van der Waals surface area contributed by atoms with Crippen molar-refractivity contribution in [2.24, 2.45) is 0 Å². The maximum Gasteiger partial charge on any atom is 0.330 e. The molecule has 8 heteroatoms. The van der Waals surface area contributed by atoms with Gasteiger partial charge in [0.1, 0.15) is 6.10 Å². The van der Waals surface area contributed by atoms with Crippen molar-refractivity contribution >= 4 is 0 Å². The molecular weight excluding hydrogens is 364 g/mol. The Labute approximate surface area is 163 Å². The van der Waals surface area contributed by atoms with E-state index in [0.717, 1.165) is 6.42 Å². The van der Waals surface area contributed by atoms with Crippen LogP contribution in [-0.2, 0) is 25.4 Å². The number of rotatable bonds is 9. The van der Waals surface area contributed by atoms with Crippen LogP contribution in [0.5, 0.6) is 0 Å². The van der Waals surface area contributed by atoms with E-state index in [1.165, 1.54) is 22.4 Å². The fourth-order valence-corrected chi connectivity index (χ4v) is 3.37. The van der Waals surface area contributed by atoms with Gasteiger partial charge < -0.3 is 18.9 Å². The number of nitrogens with zero attached hydrogens (tertiary/aromatic N) is 1. The van der Waals surface area contributed by atoms with Gasteiger partial charge in [0.25, 0.3) is 5.56 Å². The highest BCUT2D eigenvalue weighted by molar-refractivity contribution is 5.14. The van der Waals surface area contributed by atoms with Gasteiger partial charge in [-0.25, -0.2) is 4.79 Å². The molecule has 2 heterocycles. The summed E-state index contributed by atoms with van der Waals surface area (Å²) in [6, 6.07) is 11.4. The Bertz CT molecular complexity index is 850. The number of methoxy groups -OCH3 is 2. The van der Waals surface area contributed by atoms with Crippen molar-refractivity contribution < 1.29 is 18.9 Å². The van der Waals surface area contributed by atoms with Gasteiger partial charge in [-0.15, -0.1) is 0 Å². The van der Waals surface area contributed by atoms with Crippen LogP contribution in [0.15, 0.2) is 52.2 Å². The first-order valence-corrected chi connectivity index (χ1v) is 9.28. The van der Waals surface area contributed by atoms with Gasteiger partial charge >= 0.3 is 5.69 Å². The van der Waals surface area contributed by atoms with Gasteiger partial charge in [-0.1, -0.05) is 30.3 Å². The molecule has 1 fully saturated rings. The third-order valence-electron chi connectivity index (χ3n) is 4.72. The Morgan fingerprint density at radius 3 is 2.68 bits per heavy atom. The van der Waals surface area contributed by atoms with Crippen molar-refractivity contribution in [3.05, 3.63) is 69.0 Å². The molecule has 1 aromatic heterocycles. The van der Waals surface area contributed by atoms with Crippen LogP contribution in [0.4, 0.5) is 0 Å². The highest BCUT2D eigenvalue weighted by Crippen LogP contribution is 2.32. The maximum absolute atomic E-state index is 12.2. The summed E-state index contributed by atoms with van der Waals surface area (Å²) in [5.41, 5.74) is 0.201. The molecule has 0 aliphatic carbocycles. The van der Waals surface area contributed by atoms with E-state index >= 15 is 0 Å². The molecule has 0 bridgehead atoms. The Morgan fingerprint density at radius 2 is 2.00 bits per heavy atom. The summed E-state index contributed by atoms with van der Waals surface area (Å²) in [7, 11) is 3.19. The minimum absolute atomic E-state index is 0.217. The number of hydrogen-bond acceptors (Lipinski definition) is 6. The van der Waals surface area contributed by atoms with Crippen LogP contribution in [0, 0.1) is 0 Å². The molecule has 1 N–H and O–H groups in total. The van der Waals surface area contributed by atoms with Crippen molar-refractivity contribution in [2.45, 2.75) is 44.0 Å². The predicted molar refractivity (Wildman–Crippen MR) is 102 cm³/mol. The summed E-state index contributed by atoms with van der Waals surface area (Å²) in [5.74, 6) is 0. The van der Waals surface area contributed by atoms with Crippen LogP contribution in [0.2, 0.25) is 0 Å². The monoisotopic (exact) mass is 390 g/mol. The van der Waals surface area contributed by atoms with Gasteiger partial charge in [-0.3, -0.25) is 14.3 Å². The molecule has 28 heavy (non-hydrogen) atoms. The lowest BCUT2D eigenvalue weighted by atomic mass is 10.1. The minimum Gasteiger partial charge on any atom is -0.382 e. The highest BCUT2D eigenvalue weighted by atomic mass is 16.7. The molecule has 8 nitrogen and oxygen atoms in total. The number of nitrogens with one attached hydrogen (secondary N) is 1. The highest BCUT2D eigenvalue weighted by Gasteiger charge is 2.39. The molecule has 1 aliphatic rings. The standard InChI is InChI=1S/C20H26N2O6/c1-25-13-15-12-16(19(27-15)22-11-10-17(23)21-20(22)24)28-18(26-2)9-8-14-6-4-3-5-7-14/h3-7,10-11,15-16,18-19H,8-9,12-13H2,1-2H3,(H,21,23,24)/t15-,16-,18?,19+/m0/s1. The zero-order valence-electron chi connectivity index (χ0n) is 16.1. The van der Waals surface area contributed by atoms with E-state index in [0.29, 0.717) is 19.4 Å². The first-order chi connectivity index (χ1) is 13.6. The molecule has 2 aromatic rings. The van der Waals surface area contributed by atoms with Gasteiger partial charge in [0.05, 0.1) is 12.7 Å². The lowest BCUT2D eigenvalue weighted by Gasteiger charge is -2.25. The normalized spacial score (nSPS) is 23.0. The van der Waals surface area contributed by atoms with Crippen molar-refractivity contribution in [2.75, 3.05) is 20.8 Å². The molecule has 3 rings (SSSR count). The zero-order chi connectivity index (χ0) is 19.9. The Balaban J connectivity index is 1.72. The van der Waals surface area contributed by atoms with Crippen LogP contribution in [0.25, 0.3) is 0 Å². The second kappa shape index (κ2) is 9.79. The van der Waals surface area contributed by atoms with Crippen LogP contribution in [0.3, 0.4) is 0 Å². The molecule has 0 radical (unpaired) electrons. The molecule has 0 spiro atoms. The second-order valence-corrected chi connectivity index (χ2v) is 6.72. The number of H-pyrrole nitrogens is 1. The summed E-state index contributed by atoms with van der Waals surface area (Å²) in [6.45, 7) is 0.385. The molecule has 0 amide bonds. The lowest BCUT2D eigenvalue weighted by molar-refractivity contribution is -0.181. The third-order valence-corrected chi connectivity index (χ3v) is 4.72. The number of aromatic amines is 1. The van der Waals surface area contributed by atoms with E-state index in [-0.39, 0.29) is 6.10 Å². The summed E-state index contributed by atoms with van der Waals surface area (Å²) in [4.78, 5) is 25.8. The molecule has 1 saturated heterocycles. The molecule has 152 valence electrons. The number of benzene rings is 1. The van der Waals surface area contributed by atoms with Crippen molar-refractivity contribution in [3.8, 4) is 0 Å². The molecule has 1 aromatic carbocycles. The average Bonchev–Trinajstić information content (AvgIpc) is 3.08. The molecule has 1 aliphatic heterocycles. The van der Waals surface area contributed by atoms with Gasteiger partial charge in [-0.05, 0) is 12.0 Å². The van der Waals surface area contributed by atoms with Crippen LogP contribution >= 0.6 is 0 Å². The molecule has 0 saturated carbocycles. The first kappa shape index (κ1) is 20.5. The fourth-order valence-electron chi connectivity index (χ4n) is 3.37. The topological polar surface area (TPSA) is 91.8 Å². The zero-order valence-corrected chi connectivity index (χ0v) is 16.1.